The van der Waals surface area contributed by atoms with Gasteiger partial charge in [0, 0.05) is 31.3 Å². The highest BCUT2D eigenvalue weighted by molar-refractivity contribution is 5.85. The normalized spacial score (nSPS) is 16.2. The topological polar surface area (TPSA) is 50.2 Å². The van der Waals surface area contributed by atoms with Gasteiger partial charge in [-0.1, -0.05) is 18.2 Å². The van der Waals surface area contributed by atoms with Crippen LogP contribution in [0.2, 0.25) is 0 Å². The number of nitrogens with one attached hydrogen (secondary N) is 1. The summed E-state index contributed by atoms with van der Waals surface area (Å²) in [4.78, 5) is 14.4. The van der Waals surface area contributed by atoms with E-state index >= 15 is 0 Å². The number of carbonyl (C=O) groups is 1. The fraction of sp³-hybridized carbons (Fsp3) is 0.524. The van der Waals surface area contributed by atoms with E-state index in [1.807, 2.05) is 35.7 Å². The molecule has 0 spiro atoms. The molecular formula is C21H31ClN4O. The second-order valence-corrected chi connectivity index (χ2v) is 7.49. The molecule has 1 aliphatic rings. The van der Waals surface area contributed by atoms with Crippen LogP contribution < -0.4 is 5.32 Å². The molecule has 1 fully saturated rings. The average molecular weight is 391 g/mol. The van der Waals surface area contributed by atoms with Gasteiger partial charge >= 0.3 is 0 Å². The van der Waals surface area contributed by atoms with Crippen molar-refractivity contribution in [3.8, 4) is 5.69 Å². The van der Waals surface area contributed by atoms with Crippen molar-refractivity contribution in [1.82, 2.24) is 20.0 Å². The van der Waals surface area contributed by atoms with Gasteiger partial charge in [-0.15, -0.1) is 12.4 Å². The predicted octanol–water partition coefficient (Wildman–Crippen LogP) is 3.57. The number of amides is 1. The maximum atomic E-state index is 12.5. The van der Waals surface area contributed by atoms with Gasteiger partial charge in [0.05, 0.1) is 11.4 Å². The summed E-state index contributed by atoms with van der Waals surface area (Å²) in [7, 11) is 1.90. The summed E-state index contributed by atoms with van der Waals surface area (Å²) < 4.78 is 2.00. The van der Waals surface area contributed by atoms with Gasteiger partial charge in [-0.3, -0.25) is 4.79 Å². The third-order valence-electron chi connectivity index (χ3n) is 5.53. The molecular weight excluding hydrogens is 360 g/mol. The van der Waals surface area contributed by atoms with Gasteiger partial charge in [-0.25, -0.2) is 4.68 Å². The summed E-state index contributed by atoms with van der Waals surface area (Å²) in [5.41, 5.74) is 5.54. The molecule has 1 amide bonds. The van der Waals surface area contributed by atoms with Gasteiger partial charge in [0.15, 0.2) is 0 Å². The quantitative estimate of drug-likeness (QED) is 0.820. The van der Waals surface area contributed by atoms with Crippen molar-refractivity contribution in [3.63, 3.8) is 0 Å². The molecule has 1 saturated heterocycles. The second kappa shape index (κ2) is 9.38. The van der Waals surface area contributed by atoms with Crippen LogP contribution in [0, 0.1) is 26.7 Å². The summed E-state index contributed by atoms with van der Waals surface area (Å²) in [6.07, 6.45) is 2.81. The number of rotatable bonds is 6. The highest BCUT2D eigenvalue weighted by Gasteiger charge is 2.20. The first kappa shape index (κ1) is 21.5. The van der Waals surface area contributed by atoms with Crippen LogP contribution in [-0.2, 0) is 11.3 Å². The molecule has 1 aliphatic heterocycles. The van der Waals surface area contributed by atoms with E-state index in [1.165, 1.54) is 12.0 Å². The Kier molecular flexibility index (Phi) is 7.45. The summed E-state index contributed by atoms with van der Waals surface area (Å²) in [6, 6.07) is 8.26. The van der Waals surface area contributed by atoms with Crippen LogP contribution in [-0.4, -0.2) is 40.7 Å². The number of nitrogens with zero attached hydrogens (tertiary/aromatic N) is 3. The van der Waals surface area contributed by atoms with Gasteiger partial charge in [-0.2, -0.15) is 5.10 Å². The molecule has 0 bridgehead atoms. The van der Waals surface area contributed by atoms with Crippen LogP contribution in [0.15, 0.2) is 24.3 Å². The summed E-state index contributed by atoms with van der Waals surface area (Å²) in [6.45, 7) is 8.97. The number of carbonyl (C=O) groups excluding carboxylic acids is 1. The van der Waals surface area contributed by atoms with Crippen molar-refractivity contribution in [1.29, 1.82) is 0 Å². The molecule has 2 heterocycles. The van der Waals surface area contributed by atoms with E-state index in [2.05, 4.69) is 31.3 Å². The Morgan fingerprint density at radius 2 is 2.04 bits per heavy atom. The molecule has 1 aromatic heterocycles. The van der Waals surface area contributed by atoms with Crippen LogP contribution in [0.1, 0.15) is 41.8 Å². The molecule has 0 saturated carbocycles. The molecule has 148 valence electrons. The second-order valence-electron chi connectivity index (χ2n) is 7.49. The fourth-order valence-corrected chi connectivity index (χ4v) is 3.74. The Morgan fingerprint density at radius 1 is 1.30 bits per heavy atom. The third-order valence-corrected chi connectivity index (χ3v) is 5.53. The molecule has 1 aromatic carbocycles. The van der Waals surface area contributed by atoms with Crippen LogP contribution in [0.5, 0.6) is 0 Å². The van der Waals surface area contributed by atoms with E-state index < -0.39 is 0 Å². The first-order valence-corrected chi connectivity index (χ1v) is 9.53. The zero-order valence-corrected chi connectivity index (χ0v) is 17.6. The van der Waals surface area contributed by atoms with Gasteiger partial charge in [0.2, 0.25) is 5.91 Å². The largest absolute Gasteiger partial charge is 0.341 e. The van der Waals surface area contributed by atoms with Gasteiger partial charge in [-0.05, 0) is 64.3 Å². The highest BCUT2D eigenvalue weighted by atomic mass is 35.5. The SMILES string of the molecule is Cc1ccccc1-n1nc(C)c(CN(C)C(=O)CCC2CCNC2)c1C.Cl. The molecule has 1 unspecified atom stereocenters. The van der Waals surface area contributed by atoms with Gasteiger partial charge < -0.3 is 10.2 Å². The van der Waals surface area contributed by atoms with Crippen molar-refractivity contribution in [2.24, 2.45) is 5.92 Å². The maximum Gasteiger partial charge on any atom is 0.222 e. The van der Waals surface area contributed by atoms with E-state index in [4.69, 9.17) is 5.10 Å². The van der Waals surface area contributed by atoms with Crippen molar-refractivity contribution in [2.75, 3.05) is 20.1 Å². The Morgan fingerprint density at radius 3 is 2.70 bits per heavy atom. The Hall–Kier alpha value is -1.85. The standard InChI is InChI=1S/C21H30N4O.ClH/c1-15-7-5-6-8-20(15)25-17(3)19(16(2)23-25)14-24(4)21(26)10-9-18-11-12-22-13-18;/h5-8,18,22H,9-14H2,1-4H3;1H. The first-order chi connectivity index (χ1) is 12.5. The van der Waals surface area contributed by atoms with E-state index in [1.54, 1.807) is 0 Å². The van der Waals surface area contributed by atoms with Crippen LogP contribution in [0.4, 0.5) is 0 Å². The summed E-state index contributed by atoms with van der Waals surface area (Å²) >= 11 is 0. The third kappa shape index (κ3) is 4.90. The minimum atomic E-state index is 0. The van der Waals surface area contributed by atoms with Crippen LogP contribution in [0.3, 0.4) is 0 Å². The van der Waals surface area contributed by atoms with Crippen molar-refractivity contribution < 1.29 is 4.79 Å². The lowest BCUT2D eigenvalue weighted by Gasteiger charge is -2.18. The average Bonchev–Trinajstić information content (AvgIpc) is 3.23. The molecule has 3 rings (SSSR count). The molecule has 27 heavy (non-hydrogen) atoms. The van der Waals surface area contributed by atoms with Crippen molar-refractivity contribution >= 4 is 18.3 Å². The first-order valence-electron chi connectivity index (χ1n) is 9.53. The van der Waals surface area contributed by atoms with E-state index in [-0.39, 0.29) is 18.3 Å². The molecule has 5 nitrogen and oxygen atoms in total. The molecule has 1 atom stereocenters. The number of para-hydroxylation sites is 1. The lowest BCUT2D eigenvalue weighted by atomic mass is 10.0. The van der Waals surface area contributed by atoms with Crippen molar-refractivity contribution in [2.45, 2.75) is 46.6 Å². The van der Waals surface area contributed by atoms with Gasteiger partial charge in [0.1, 0.15) is 0 Å². The monoisotopic (exact) mass is 390 g/mol. The fourth-order valence-electron chi connectivity index (χ4n) is 3.74. The number of halogens is 1. The highest BCUT2D eigenvalue weighted by Crippen LogP contribution is 2.22. The minimum absolute atomic E-state index is 0. The number of aromatic nitrogens is 2. The summed E-state index contributed by atoms with van der Waals surface area (Å²) in [5.74, 6) is 0.874. The molecule has 6 heteroatoms. The van der Waals surface area contributed by atoms with Crippen molar-refractivity contribution in [3.05, 3.63) is 46.8 Å². The Labute approximate surface area is 168 Å². The Balaban J connectivity index is 0.00000261. The zero-order valence-electron chi connectivity index (χ0n) is 16.8. The lowest BCUT2D eigenvalue weighted by molar-refractivity contribution is -0.130. The number of benzene rings is 1. The smallest absolute Gasteiger partial charge is 0.222 e. The molecule has 1 N–H and O–H groups in total. The van der Waals surface area contributed by atoms with Crippen LogP contribution >= 0.6 is 12.4 Å². The molecule has 0 radical (unpaired) electrons. The number of hydrogen-bond donors (Lipinski definition) is 1. The lowest BCUT2D eigenvalue weighted by Crippen LogP contribution is -2.27. The van der Waals surface area contributed by atoms with E-state index in [0.717, 1.165) is 42.1 Å². The van der Waals surface area contributed by atoms with Crippen LogP contribution in [0.25, 0.3) is 5.69 Å². The van der Waals surface area contributed by atoms with Gasteiger partial charge in [0.25, 0.3) is 0 Å². The minimum Gasteiger partial charge on any atom is -0.341 e. The Bertz CT molecular complexity index is 780. The molecule has 2 aromatic rings. The number of hydrogen-bond acceptors (Lipinski definition) is 3. The summed E-state index contributed by atoms with van der Waals surface area (Å²) in [5, 5.41) is 8.10. The number of aryl methyl sites for hydroxylation is 2. The van der Waals surface area contributed by atoms with E-state index in [0.29, 0.717) is 18.9 Å². The maximum absolute atomic E-state index is 12.5. The molecule has 0 aliphatic carbocycles. The zero-order chi connectivity index (χ0) is 18.7. The van der Waals surface area contributed by atoms with E-state index in [9.17, 15) is 4.79 Å². The predicted molar refractivity (Wildman–Crippen MR) is 112 cm³/mol.